The molecule has 1 aromatic heterocycles. The van der Waals surface area contributed by atoms with Gasteiger partial charge in [-0.15, -0.1) is 0 Å². The summed E-state index contributed by atoms with van der Waals surface area (Å²) in [6.07, 6.45) is 1.53. The Morgan fingerprint density at radius 2 is 2.11 bits per heavy atom. The molecular formula is C14H22N2O3. The van der Waals surface area contributed by atoms with Gasteiger partial charge in [-0.3, -0.25) is 4.79 Å². The van der Waals surface area contributed by atoms with Crippen molar-refractivity contribution in [2.75, 3.05) is 6.61 Å². The van der Waals surface area contributed by atoms with Crippen LogP contribution in [0.15, 0.2) is 18.3 Å². The molecule has 19 heavy (non-hydrogen) atoms. The van der Waals surface area contributed by atoms with Gasteiger partial charge in [-0.2, -0.15) is 0 Å². The third kappa shape index (κ3) is 4.52. The number of hydrogen-bond acceptors (Lipinski definition) is 4. The average Bonchev–Trinajstić information content (AvgIpc) is 2.37. The predicted octanol–water partition coefficient (Wildman–Crippen LogP) is 1.62. The van der Waals surface area contributed by atoms with E-state index in [-0.39, 0.29) is 36.3 Å². The van der Waals surface area contributed by atoms with E-state index in [1.54, 1.807) is 18.3 Å². The minimum atomic E-state index is -0.288. The Morgan fingerprint density at radius 3 is 2.68 bits per heavy atom. The quantitative estimate of drug-likeness (QED) is 0.820. The maximum Gasteiger partial charge on any atom is 0.273 e. The van der Waals surface area contributed by atoms with Crippen molar-refractivity contribution < 1.29 is 14.6 Å². The van der Waals surface area contributed by atoms with E-state index in [2.05, 4.69) is 10.3 Å². The Labute approximate surface area is 114 Å². The van der Waals surface area contributed by atoms with Crippen LogP contribution in [0.4, 0.5) is 0 Å². The molecule has 106 valence electrons. The summed E-state index contributed by atoms with van der Waals surface area (Å²) >= 11 is 0. The van der Waals surface area contributed by atoms with Crippen LogP contribution in [0.5, 0.6) is 5.75 Å². The lowest BCUT2D eigenvalue weighted by Crippen LogP contribution is -2.38. The number of nitrogens with zero attached hydrogens (tertiary/aromatic N) is 1. The molecule has 0 saturated carbocycles. The molecule has 1 rings (SSSR count). The zero-order valence-corrected chi connectivity index (χ0v) is 11.9. The zero-order chi connectivity index (χ0) is 14.4. The highest BCUT2D eigenvalue weighted by Gasteiger charge is 2.19. The fraction of sp³-hybridized carbons (Fsp3) is 0.571. The van der Waals surface area contributed by atoms with Crippen LogP contribution in [0.3, 0.4) is 0 Å². The largest absolute Gasteiger partial charge is 0.489 e. The van der Waals surface area contributed by atoms with Crippen LogP contribution in [-0.2, 0) is 0 Å². The molecule has 2 unspecified atom stereocenters. The number of amides is 1. The number of aliphatic hydroxyl groups is 1. The summed E-state index contributed by atoms with van der Waals surface area (Å²) in [7, 11) is 0. The van der Waals surface area contributed by atoms with E-state index in [4.69, 9.17) is 9.84 Å². The van der Waals surface area contributed by atoms with E-state index in [9.17, 15) is 4.79 Å². The molecule has 0 fully saturated rings. The fourth-order valence-electron chi connectivity index (χ4n) is 1.49. The van der Waals surface area contributed by atoms with E-state index >= 15 is 0 Å². The summed E-state index contributed by atoms with van der Waals surface area (Å²) in [4.78, 5) is 16.2. The second-order valence-electron chi connectivity index (χ2n) is 4.94. The molecular weight excluding hydrogens is 244 g/mol. The molecule has 1 aromatic rings. The molecule has 2 N–H and O–H groups in total. The van der Waals surface area contributed by atoms with Gasteiger partial charge < -0.3 is 15.2 Å². The molecule has 0 aliphatic heterocycles. The highest BCUT2D eigenvalue weighted by Crippen LogP contribution is 2.17. The van der Waals surface area contributed by atoms with Gasteiger partial charge in [0.2, 0.25) is 0 Å². The molecule has 0 aliphatic rings. The molecule has 5 nitrogen and oxygen atoms in total. The lowest BCUT2D eigenvalue weighted by molar-refractivity contribution is 0.0905. The lowest BCUT2D eigenvalue weighted by atomic mass is 10.1. The van der Waals surface area contributed by atoms with Crippen LogP contribution in [0.1, 0.15) is 38.2 Å². The van der Waals surface area contributed by atoms with Gasteiger partial charge in [0.1, 0.15) is 0 Å². The Kier molecular flexibility index (Phi) is 5.76. The first-order valence-corrected chi connectivity index (χ1v) is 6.49. The first-order valence-electron chi connectivity index (χ1n) is 6.49. The second-order valence-corrected chi connectivity index (χ2v) is 4.94. The summed E-state index contributed by atoms with van der Waals surface area (Å²) < 4.78 is 5.56. The normalized spacial score (nSPS) is 14.0. The van der Waals surface area contributed by atoms with Crippen LogP contribution >= 0.6 is 0 Å². The molecule has 1 amide bonds. The van der Waals surface area contributed by atoms with E-state index in [0.717, 1.165) is 0 Å². The first-order chi connectivity index (χ1) is 8.95. The number of carbonyl (C=O) groups is 1. The number of pyridine rings is 1. The van der Waals surface area contributed by atoms with Gasteiger partial charge in [0, 0.05) is 18.8 Å². The van der Waals surface area contributed by atoms with Crippen molar-refractivity contribution in [3.63, 3.8) is 0 Å². The van der Waals surface area contributed by atoms with Crippen molar-refractivity contribution >= 4 is 5.91 Å². The molecule has 0 radical (unpaired) electrons. The highest BCUT2D eigenvalue weighted by molar-refractivity contribution is 5.95. The van der Waals surface area contributed by atoms with Gasteiger partial charge in [0.15, 0.2) is 11.4 Å². The number of ether oxygens (including phenoxy) is 1. The van der Waals surface area contributed by atoms with E-state index in [1.165, 1.54) is 0 Å². The van der Waals surface area contributed by atoms with Crippen molar-refractivity contribution in [2.45, 2.75) is 39.8 Å². The van der Waals surface area contributed by atoms with Gasteiger partial charge in [-0.25, -0.2) is 4.98 Å². The lowest BCUT2D eigenvalue weighted by Gasteiger charge is -2.20. The summed E-state index contributed by atoms with van der Waals surface area (Å²) in [5, 5.41) is 11.9. The van der Waals surface area contributed by atoms with Crippen molar-refractivity contribution in [3.8, 4) is 5.75 Å². The van der Waals surface area contributed by atoms with Gasteiger partial charge in [0.05, 0.1) is 6.10 Å². The van der Waals surface area contributed by atoms with E-state index in [0.29, 0.717) is 5.75 Å². The maximum atomic E-state index is 12.1. The van der Waals surface area contributed by atoms with Crippen LogP contribution in [-0.4, -0.2) is 34.8 Å². The molecule has 0 aromatic carbocycles. The number of nitrogens with one attached hydrogen (secondary N) is 1. The third-order valence-corrected chi connectivity index (χ3v) is 2.85. The number of aromatic nitrogens is 1. The fourth-order valence-corrected chi connectivity index (χ4v) is 1.49. The molecule has 2 atom stereocenters. The zero-order valence-electron chi connectivity index (χ0n) is 11.9. The van der Waals surface area contributed by atoms with E-state index < -0.39 is 0 Å². The smallest absolute Gasteiger partial charge is 0.273 e. The second kappa shape index (κ2) is 7.09. The van der Waals surface area contributed by atoms with Gasteiger partial charge >= 0.3 is 0 Å². The van der Waals surface area contributed by atoms with Crippen molar-refractivity contribution in [1.82, 2.24) is 10.3 Å². The number of carbonyl (C=O) groups excluding carboxylic acids is 1. The van der Waals surface area contributed by atoms with Crippen LogP contribution in [0.25, 0.3) is 0 Å². The number of aliphatic hydroxyl groups excluding tert-OH is 1. The van der Waals surface area contributed by atoms with Crippen LogP contribution in [0, 0.1) is 5.92 Å². The molecule has 1 heterocycles. The monoisotopic (exact) mass is 266 g/mol. The Bertz CT molecular complexity index is 421. The van der Waals surface area contributed by atoms with Crippen molar-refractivity contribution in [1.29, 1.82) is 0 Å². The van der Waals surface area contributed by atoms with Crippen molar-refractivity contribution in [2.24, 2.45) is 5.92 Å². The van der Waals surface area contributed by atoms with Crippen LogP contribution < -0.4 is 10.1 Å². The van der Waals surface area contributed by atoms with Crippen molar-refractivity contribution in [3.05, 3.63) is 24.0 Å². The molecule has 0 spiro atoms. The molecule has 0 saturated heterocycles. The SMILES string of the molecule is CC(C)Oc1cccnc1C(=O)NC(C)C(C)CO. The van der Waals surface area contributed by atoms with Gasteiger partial charge in [-0.05, 0) is 38.8 Å². The predicted molar refractivity (Wildman–Crippen MR) is 73.2 cm³/mol. The summed E-state index contributed by atoms with van der Waals surface area (Å²) in [6, 6.07) is 3.32. The Morgan fingerprint density at radius 1 is 1.42 bits per heavy atom. The van der Waals surface area contributed by atoms with E-state index in [1.807, 2.05) is 27.7 Å². The molecule has 0 aliphatic carbocycles. The van der Waals surface area contributed by atoms with Crippen LogP contribution in [0.2, 0.25) is 0 Å². The summed E-state index contributed by atoms with van der Waals surface area (Å²) in [5.41, 5.74) is 0.271. The first kappa shape index (κ1) is 15.4. The number of hydrogen-bond donors (Lipinski definition) is 2. The Hall–Kier alpha value is -1.62. The minimum absolute atomic E-state index is 0.0119. The molecule has 0 bridgehead atoms. The standard InChI is InChI=1S/C14H22N2O3/c1-9(2)19-12-6-5-7-15-13(12)14(18)16-11(4)10(3)8-17/h5-7,9-11,17H,8H2,1-4H3,(H,16,18). The Balaban J connectivity index is 2.82. The highest BCUT2D eigenvalue weighted by atomic mass is 16.5. The molecule has 5 heteroatoms. The van der Waals surface area contributed by atoms with Gasteiger partial charge in [0.25, 0.3) is 5.91 Å². The average molecular weight is 266 g/mol. The summed E-state index contributed by atoms with van der Waals surface area (Å²) in [5.74, 6) is 0.171. The summed E-state index contributed by atoms with van der Waals surface area (Å²) in [6.45, 7) is 7.54. The minimum Gasteiger partial charge on any atom is -0.489 e. The van der Waals surface area contributed by atoms with Gasteiger partial charge in [-0.1, -0.05) is 6.92 Å². The topological polar surface area (TPSA) is 71.5 Å². The number of rotatable bonds is 6. The third-order valence-electron chi connectivity index (χ3n) is 2.85. The maximum absolute atomic E-state index is 12.1.